The molecule has 2 atom stereocenters. The zero-order chi connectivity index (χ0) is 13.3. The normalized spacial score (nSPS) is 33.7. The maximum absolute atomic E-state index is 12.8. The van der Waals surface area contributed by atoms with Gasteiger partial charge in [-0.15, -0.1) is 0 Å². The van der Waals surface area contributed by atoms with Crippen LogP contribution in [-0.4, -0.2) is 41.8 Å². The van der Waals surface area contributed by atoms with Gasteiger partial charge in [-0.2, -0.15) is 0 Å². The van der Waals surface area contributed by atoms with Gasteiger partial charge in [0.25, 0.3) is 0 Å². The van der Waals surface area contributed by atoms with E-state index in [9.17, 15) is 4.79 Å². The van der Waals surface area contributed by atoms with Gasteiger partial charge < -0.3 is 9.64 Å². The summed E-state index contributed by atoms with van der Waals surface area (Å²) in [6.07, 6.45) is 9.34. The Morgan fingerprint density at radius 2 is 2.16 bits per heavy atom. The molecule has 0 bridgehead atoms. The number of hydrogen-bond donors (Lipinski definition) is 1. The van der Waals surface area contributed by atoms with Crippen molar-refractivity contribution >= 4 is 5.91 Å². The summed E-state index contributed by atoms with van der Waals surface area (Å²) in [6, 6.07) is 0. The van der Waals surface area contributed by atoms with Crippen LogP contribution in [0.4, 0.5) is 0 Å². The fraction of sp³-hybridized carbons (Fsp3) is 0.933. The van der Waals surface area contributed by atoms with Crippen LogP contribution in [0.3, 0.4) is 0 Å². The lowest BCUT2D eigenvalue weighted by Crippen LogP contribution is -2.44. The summed E-state index contributed by atoms with van der Waals surface area (Å²) in [7, 11) is 0. The van der Waals surface area contributed by atoms with E-state index in [-0.39, 0.29) is 17.8 Å². The van der Waals surface area contributed by atoms with Crippen LogP contribution in [-0.2, 0) is 9.53 Å². The third-order valence-corrected chi connectivity index (χ3v) is 4.93. The van der Waals surface area contributed by atoms with E-state index in [2.05, 4.69) is 17.1 Å². The third kappa shape index (κ3) is 2.40. The van der Waals surface area contributed by atoms with Crippen LogP contribution < -0.4 is 5.32 Å². The summed E-state index contributed by atoms with van der Waals surface area (Å²) >= 11 is 0. The average Bonchev–Trinajstić information content (AvgIpc) is 3.10. The molecule has 0 radical (unpaired) electrons. The summed E-state index contributed by atoms with van der Waals surface area (Å²) < 4.78 is 5.72. The fourth-order valence-corrected chi connectivity index (χ4v) is 3.93. The van der Waals surface area contributed by atoms with Crippen LogP contribution in [0.2, 0.25) is 0 Å². The van der Waals surface area contributed by atoms with Crippen molar-refractivity contribution in [2.45, 2.75) is 76.1 Å². The molecule has 108 valence electrons. The molecule has 2 unspecified atom stereocenters. The summed E-state index contributed by atoms with van der Waals surface area (Å²) in [6.45, 7) is 3.85. The molecule has 3 aliphatic rings. The molecule has 0 aromatic rings. The molecule has 3 rings (SSSR count). The SMILES string of the molecule is CCCC1NC2(CCCC2)C(=O)N1CC1CCCO1. The molecule has 19 heavy (non-hydrogen) atoms. The third-order valence-electron chi connectivity index (χ3n) is 4.93. The van der Waals surface area contributed by atoms with E-state index in [4.69, 9.17) is 4.74 Å². The van der Waals surface area contributed by atoms with Gasteiger partial charge in [0, 0.05) is 13.2 Å². The van der Waals surface area contributed by atoms with Crippen molar-refractivity contribution in [3.8, 4) is 0 Å². The largest absolute Gasteiger partial charge is 0.376 e. The van der Waals surface area contributed by atoms with E-state index >= 15 is 0 Å². The molecular formula is C15H26N2O2. The number of carbonyl (C=O) groups is 1. The number of carbonyl (C=O) groups excluding carboxylic acids is 1. The highest BCUT2D eigenvalue weighted by molar-refractivity contribution is 5.89. The first-order valence-electron chi connectivity index (χ1n) is 7.95. The monoisotopic (exact) mass is 266 g/mol. The van der Waals surface area contributed by atoms with Crippen LogP contribution in [0.1, 0.15) is 58.3 Å². The molecule has 2 aliphatic heterocycles. The molecule has 1 spiro atoms. The minimum absolute atomic E-state index is 0.224. The van der Waals surface area contributed by atoms with Gasteiger partial charge in [-0.3, -0.25) is 10.1 Å². The summed E-state index contributed by atoms with van der Waals surface area (Å²) in [5.74, 6) is 0.346. The number of ether oxygens (including phenoxy) is 1. The van der Waals surface area contributed by atoms with E-state index in [0.29, 0.717) is 5.91 Å². The first-order valence-corrected chi connectivity index (χ1v) is 7.95. The molecule has 4 nitrogen and oxygen atoms in total. The van der Waals surface area contributed by atoms with Crippen molar-refractivity contribution in [1.29, 1.82) is 0 Å². The van der Waals surface area contributed by atoms with Crippen LogP contribution >= 0.6 is 0 Å². The highest BCUT2D eigenvalue weighted by Gasteiger charge is 2.52. The van der Waals surface area contributed by atoms with Crippen LogP contribution in [0.25, 0.3) is 0 Å². The maximum Gasteiger partial charge on any atom is 0.244 e. The van der Waals surface area contributed by atoms with Crippen molar-refractivity contribution in [1.82, 2.24) is 10.2 Å². The lowest BCUT2D eigenvalue weighted by molar-refractivity contribution is -0.134. The predicted molar refractivity (Wildman–Crippen MR) is 73.7 cm³/mol. The Hall–Kier alpha value is -0.610. The number of amides is 1. The smallest absolute Gasteiger partial charge is 0.244 e. The molecule has 1 saturated carbocycles. The highest BCUT2D eigenvalue weighted by atomic mass is 16.5. The summed E-state index contributed by atoms with van der Waals surface area (Å²) in [5.41, 5.74) is -0.224. The van der Waals surface area contributed by atoms with Gasteiger partial charge in [0.2, 0.25) is 5.91 Å². The summed E-state index contributed by atoms with van der Waals surface area (Å²) in [4.78, 5) is 14.9. The molecule has 1 amide bonds. The van der Waals surface area contributed by atoms with Gasteiger partial charge in [0.05, 0.1) is 17.8 Å². The minimum atomic E-state index is -0.224. The molecule has 4 heteroatoms. The fourth-order valence-electron chi connectivity index (χ4n) is 3.93. The number of hydrogen-bond acceptors (Lipinski definition) is 3. The van der Waals surface area contributed by atoms with Crippen molar-refractivity contribution in [3.63, 3.8) is 0 Å². The van der Waals surface area contributed by atoms with Crippen LogP contribution in [0.15, 0.2) is 0 Å². The van der Waals surface area contributed by atoms with Crippen molar-refractivity contribution in [3.05, 3.63) is 0 Å². The second-order valence-corrected chi connectivity index (χ2v) is 6.33. The zero-order valence-electron chi connectivity index (χ0n) is 12.0. The van der Waals surface area contributed by atoms with E-state index in [1.165, 1.54) is 12.8 Å². The van der Waals surface area contributed by atoms with Gasteiger partial charge in [-0.1, -0.05) is 26.2 Å². The van der Waals surface area contributed by atoms with Gasteiger partial charge in [-0.25, -0.2) is 0 Å². The van der Waals surface area contributed by atoms with Gasteiger partial charge in [0.1, 0.15) is 0 Å². The topological polar surface area (TPSA) is 41.6 Å². The lowest BCUT2D eigenvalue weighted by atomic mass is 9.98. The average molecular weight is 266 g/mol. The molecule has 2 saturated heterocycles. The first kappa shape index (κ1) is 13.4. The lowest BCUT2D eigenvalue weighted by Gasteiger charge is -2.26. The molecule has 1 N–H and O–H groups in total. The highest BCUT2D eigenvalue weighted by Crippen LogP contribution is 2.37. The Morgan fingerprint density at radius 1 is 1.37 bits per heavy atom. The quantitative estimate of drug-likeness (QED) is 0.846. The second kappa shape index (κ2) is 5.41. The van der Waals surface area contributed by atoms with Gasteiger partial charge in [0.15, 0.2) is 0 Å². The molecule has 0 aromatic heterocycles. The van der Waals surface area contributed by atoms with E-state index < -0.39 is 0 Å². The minimum Gasteiger partial charge on any atom is -0.376 e. The first-order chi connectivity index (χ1) is 9.25. The van der Waals surface area contributed by atoms with E-state index in [1.54, 1.807) is 0 Å². The predicted octanol–water partition coefficient (Wildman–Crippen LogP) is 2.04. The molecule has 0 aromatic carbocycles. The molecule has 3 fully saturated rings. The van der Waals surface area contributed by atoms with Crippen LogP contribution in [0, 0.1) is 0 Å². The van der Waals surface area contributed by atoms with Gasteiger partial charge in [-0.05, 0) is 32.1 Å². The Balaban J connectivity index is 1.72. The van der Waals surface area contributed by atoms with Crippen LogP contribution in [0.5, 0.6) is 0 Å². The van der Waals surface area contributed by atoms with Gasteiger partial charge >= 0.3 is 0 Å². The summed E-state index contributed by atoms with van der Waals surface area (Å²) in [5, 5.41) is 3.66. The second-order valence-electron chi connectivity index (χ2n) is 6.33. The maximum atomic E-state index is 12.8. The van der Waals surface area contributed by atoms with Crippen molar-refractivity contribution in [2.24, 2.45) is 0 Å². The Morgan fingerprint density at radius 3 is 2.79 bits per heavy atom. The van der Waals surface area contributed by atoms with Crippen molar-refractivity contribution < 1.29 is 9.53 Å². The Kier molecular flexibility index (Phi) is 3.81. The Labute approximate surface area is 115 Å². The van der Waals surface area contributed by atoms with E-state index in [1.807, 2.05) is 0 Å². The number of nitrogens with zero attached hydrogens (tertiary/aromatic N) is 1. The molecule has 1 aliphatic carbocycles. The number of rotatable bonds is 4. The van der Waals surface area contributed by atoms with Crippen molar-refractivity contribution in [2.75, 3.05) is 13.2 Å². The molecular weight excluding hydrogens is 240 g/mol. The molecule has 2 heterocycles. The zero-order valence-corrected chi connectivity index (χ0v) is 12.0. The standard InChI is InChI=1S/C15H26N2O2/c1-2-6-13-16-15(8-3-4-9-15)14(18)17(13)11-12-7-5-10-19-12/h12-13,16H,2-11H2,1H3. The van der Waals surface area contributed by atoms with E-state index in [0.717, 1.165) is 51.7 Å². The Bertz CT molecular complexity index is 333. The number of nitrogens with one attached hydrogen (secondary N) is 1.